The molecule has 1 amide bonds. The van der Waals surface area contributed by atoms with Crippen LogP contribution in [-0.2, 0) is 4.79 Å². The van der Waals surface area contributed by atoms with Gasteiger partial charge >= 0.3 is 5.97 Å². The maximum Gasteiger partial charge on any atom is 0.328 e. The maximum atomic E-state index is 11.5. The van der Waals surface area contributed by atoms with E-state index in [1.807, 2.05) is 0 Å². The van der Waals surface area contributed by atoms with Crippen LogP contribution in [0.3, 0.4) is 0 Å². The SMILES string of the molecule is O=C(NC(CO)C(=O)O)c1cccc(O)c1. The van der Waals surface area contributed by atoms with E-state index in [1.54, 1.807) is 0 Å². The molecule has 4 N–H and O–H groups in total. The second-order valence-electron chi connectivity index (χ2n) is 3.10. The van der Waals surface area contributed by atoms with Gasteiger partial charge in [0, 0.05) is 5.56 Å². The predicted molar refractivity (Wildman–Crippen MR) is 54.1 cm³/mol. The monoisotopic (exact) mass is 225 g/mol. The van der Waals surface area contributed by atoms with Crippen LogP contribution in [0.1, 0.15) is 10.4 Å². The number of carboxylic acid groups (broad SMARTS) is 1. The van der Waals surface area contributed by atoms with Crippen molar-refractivity contribution < 1.29 is 24.9 Å². The molecule has 0 aliphatic rings. The summed E-state index contributed by atoms with van der Waals surface area (Å²) in [5.41, 5.74) is 0.125. The van der Waals surface area contributed by atoms with Gasteiger partial charge < -0.3 is 20.6 Å². The van der Waals surface area contributed by atoms with Crippen LogP contribution in [0.15, 0.2) is 24.3 Å². The molecule has 0 spiro atoms. The highest BCUT2D eigenvalue weighted by atomic mass is 16.4. The number of hydrogen-bond donors (Lipinski definition) is 4. The van der Waals surface area contributed by atoms with Crippen LogP contribution in [-0.4, -0.2) is 39.8 Å². The second-order valence-corrected chi connectivity index (χ2v) is 3.10. The number of nitrogens with one attached hydrogen (secondary N) is 1. The first-order chi connectivity index (χ1) is 7.54. The quantitative estimate of drug-likeness (QED) is 0.556. The Morgan fingerprint density at radius 1 is 1.38 bits per heavy atom. The number of benzene rings is 1. The average Bonchev–Trinajstić information content (AvgIpc) is 2.25. The second kappa shape index (κ2) is 5.13. The van der Waals surface area contributed by atoms with Gasteiger partial charge in [0.05, 0.1) is 6.61 Å². The van der Waals surface area contributed by atoms with Crippen LogP contribution >= 0.6 is 0 Å². The van der Waals surface area contributed by atoms with E-state index in [1.165, 1.54) is 24.3 Å². The number of carboxylic acids is 1. The smallest absolute Gasteiger partial charge is 0.328 e. The van der Waals surface area contributed by atoms with E-state index in [4.69, 9.17) is 15.3 Å². The van der Waals surface area contributed by atoms with Crippen LogP contribution in [0.25, 0.3) is 0 Å². The summed E-state index contributed by atoms with van der Waals surface area (Å²) < 4.78 is 0. The first kappa shape index (κ1) is 12.0. The van der Waals surface area contributed by atoms with Crippen molar-refractivity contribution in [2.24, 2.45) is 0 Å². The van der Waals surface area contributed by atoms with E-state index in [9.17, 15) is 9.59 Å². The highest BCUT2D eigenvalue weighted by Crippen LogP contribution is 2.10. The number of rotatable bonds is 4. The summed E-state index contributed by atoms with van der Waals surface area (Å²) in [7, 11) is 0. The van der Waals surface area contributed by atoms with Gasteiger partial charge in [-0.3, -0.25) is 4.79 Å². The third-order valence-corrected chi connectivity index (χ3v) is 1.89. The zero-order chi connectivity index (χ0) is 12.1. The molecular weight excluding hydrogens is 214 g/mol. The predicted octanol–water partition coefficient (Wildman–Crippen LogP) is -0.433. The molecule has 16 heavy (non-hydrogen) atoms. The van der Waals surface area contributed by atoms with Gasteiger partial charge in [-0.25, -0.2) is 4.79 Å². The number of amides is 1. The molecule has 6 heteroatoms. The van der Waals surface area contributed by atoms with Crippen molar-refractivity contribution >= 4 is 11.9 Å². The van der Waals surface area contributed by atoms with Crippen LogP contribution in [0.5, 0.6) is 5.75 Å². The molecule has 0 fully saturated rings. The lowest BCUT2D eigenvalue weighted by Crippen LogP contribution is -2.43. The largest absolute Gasteiger partial charge is 0.508 e. The fraction of sp³-hybridized carbons (Fsp3) is 0.200. The third-order valence-electron chi connectivity index (χ3n) is 1.89. The van der Waals surface area contributed by atoms with Gasteiger partial charge in [0.1, 0.15) is 5.75 Å². The Morgan fingerprint density at radius 2 is 2.06 bits per heavy atom. The van der Waals surface area contributed by atoms with Crippen molar-refractivity contribution in [1.82, 2.24) is 5.32 Å². The number of aromatic hydroxyl groups is 1. The van der Waals surface area contributed by atoms with Crippen LogP contribution < -0.4 is 5.32 Å². The van der Waals surface area contributed by atoms with Crippen LogP contribution in [0, 0.1) is 0 Å². The lowest BCUT2D eigenvalue weighted by atomic mass is 10.2. The molecular formula is C10H11NO5. The summed E-state index contributed by atoms with van der Waals surface area (Å²) in [4.78, 5) is 22.0. The van der Waals surface area contributed by atoms with Crippen molar-refractivity contribution in [3.8, 4) is 5.75 Å². The average molecular weight is 225 g/mol. The van der Waals surface area contributed by atoms with Gasteiger partial charge in [-0.2, -0.15) is 0 Å². The van der Waals surface area contributed by atoms with Crippen molar-refractivity contribution in [3.05, 3.63) is 29.8 Å². The molecule has 1 atom stereocenters. The lowest BCUT2D eigenvalue weighted by molar-refractivity contribution is -0.140. The number of phenolic OH excluding ortho intramolecular Hbond substituents is 1. The number of aliphatic hydroxyl groups excluding tert-OH is 1. The molecule has 1 aromatic carbocycles. The topological polar surface area (TPSA) is 107 Å². The van der Waals surface area contributed by atoms with Gasteiger partial charge in [0.25, 0.3) is 5.91 Å². The van der Waals surface area contributed by atoms with Gasteiger partial charge in [0.2, 0.25) is 0 Å². The summed E-state index contributed by atoms with van der Waals surface area (Å²) in [6, 6.07) is 4.11. The Bertz CT molecular complexity index is 404. The Balaban J connectivity index is 2.75. The molecule has 1 rings (SSSR count). The first-order valence-corrected chi connectivity index (χ1v) is 4.48. The molecule has 6 nitrogen and oxygen atoms in total. The Morgan fingerprint density at radius 3 is 2.56 bits per heavy atom. The molecule has 0 aromatic heterocycles. The molecule has 0 aliphatic heterocycles. The molecule has 0 heterocycles. The normalized spacial score (nSPS) is 11.8. The Hall–Kier alpha value is -2.08. The molecule has 86 valence electrons. The molecule has 0 radical (unpaired) electrons. The highest BCUT2D eigenvalue weighted by Gasteiger charge is 2.19. The Labute approximate surface area is 91.1 Å². The summed E-state index contributed by atoms with van der Waals surface area (Å²) in [5.74, 6) is -2.09. The molecule has 0 saturated carbocycles. The van der Waals surface area contributed by atoms with Crippen molar-refractivity contribution in [1.29, 1.82) is 0 Å². The number of aliphatic carboxylic acids is 1. The Kier molecular flexibility index (Phi) is 3.84. The highest BCUT2D eigenvalue weighted by molar-refractivity contribution is 5.96. The van der Waals surface area contributed by atoms with Crippen LogP contribution in [0.4, 0.5) is 0 Å². The molecule has 0 bridgehead atoms. The van der Waals surface area contributed by atoms with E-state index in [-0.39, 0.29) is 11.3 Å². The number of carbonyl (C=O) groups is 2. The lowest BCUT2D eigenvalue weighted by Gasteiger charge is -2.11. The minimum atomic E-state index is -1.35. The summed E-state index contributed by atoms with van der Waals surface area (Å²) in [6.45, 7) is -0.695. The first-order valence-electron chi connectivity index (χ1n) is 4.48. The summed E-state index contributed by atoms with van der Waals surface area (Å²) in [6.07, 6.45) is 0. The van der Waals surface area contributed by atoms with E-state index in [2.05, 4.69) is 5.32 Å². The van der Waals surface area contributed by atoms with Gasteiger partial charge in [-0.1, -0.05) is 6.07 Å². The standard InChI is InChI=1S/C10H11NO5/c12-5-8(10(15)16)11-9(14)6-2-1-3-7(13)4-6/h1-4,8,12-13H,5H2,(H,11,14)(H,15,16). The van der Waals surface area contributed by atoms with Crippen molar-refractivity contribution in [2.75, 3.05) is 6.61 Å². The third kappa shape index (κ3) is 2.96. The fourth-order valence-electron chi connectivity index (χ4n) is 1.07. The summed E-state index contributed by atoms with van der Waals surface area (Å²) in [5, 5.41) is 28.5. The van der Waals surface area contributed by atoms with E-state index >= 15 is 0 Å². The van der Waals surface area contributed by atoms with Gasteiger partial charge in [-0.05, 0) is 18.2 Å². The van der Waals surface area contributed by atoms with Crippen molar-refractivity contribution in [3.63, 3.8) is 0 Å². The number of aliphatic hydroxyl groups is 1. The molecule has 1 unspecified atom stereocenters. The van der Waals surface area contributed by atoms with Gasteiger partial charge in [0.15, 0.2) is 6.04 Å². The number of carbonyl (C=O) groups excluding carboxylic acids is 1. The van der Waals surface area contributed by atoms with Gasteiger partial charge in [-0.15, -0.1) is 0 Å². The summed E-state index contributed by atoms with van der Waals surface area (Å²) >= 11 is 0. The minimum absolute atomic E-state index is 0.0940. The number of phenols is 1. The molecule has 0 saturated heterocycles. The molecule has 1 aromatic rings. The van der Waals surface area contributed by atoms with Crippen LogP contribution in [0.2, 0.25) is 0 Å². The minimum Gasteiger partial charge on any atom is -0.508 e. The van der Waals surface area contributed by atoms with E-state index < -0.39 is 24.5 Å². The molecule has 0 aliphatic carbocycles. The zero-order valence-corrected chi connectivity index (χ0v) is 8.25. The fourth-order valence-corrected chi connectivity index (χ4v) is 1.07. The van der Waals surface area contributed by atoms with E-state index in [0.717, 1.165) is 0 Å². The maximum absolute atomic E-state index is 11.5. The zero-order valence-electron chi connectivity index (χ0n) is 8.25. The number of hydrogen-bond acceptors (Lipinski definition) is 4. The van der Waals surface area contributed by atoms with Crippen molar-refractivity contribution in [2.45, 2.75) is 6.04 Å². The van der Waals surface area contributed by atoms with E-state index in [0.29, 0.717) is 0 Å².